The molecule has 14 nitrogen and oxygen atoms in total. The molecule has 0 amide bonds. The Bertz CT molecular complexity index is 4510. The lowest BCUT2D eigenvalue weighted by Crippen LogP contribution is -2.48. The van der Waals surface area contributed by atoms with Crippen molar-refractivity contribution in [1.82, 2.24) is 14.7 Å². The highest BCUT2D eigenvalue weighted by molar-refractivity contribution is 7.92. The maximum atomic E-state index is 11.7. The number of anilines is 2. The van der Waals surface area contributed by atoms with E-state index in [1.807, 2.05) is 91.0 Å². The van der Waals surface area contributed by atoms with E-state index in [0.29, 0.717) is 49.2 Å². The SMILES string of the molecule is CC(C)N1CCN(c2ccc(/C(=C(/CCCO)c3ccccc3)c3ccc(OS(C)(=O)=O)cc3)cc2)CC1.CS(=O)(=O)Nc1ccc(/C(=C(\CCCO)c2ccccc2)c2ccc(C3CCN(C4CC4)CC3)cc2)cc1.OCCC/C(=C(/c1ccc(C2CCN(C3CC3)CC2)cc1)c1cccc(O)c1)c1ccccc1. The summed E-state index contributed by atoms with van der Waals surface area (Å²) >= 11 is 0. The van der Waals surface area contributed by atoms with Crippen LogP contribution in [0.3, 0.4) is 0 Å². The summed E-state index contributed by atoms with van der Waals surface area (Å²) in [5.41, 5.74) is 21.1. The van der Waals surface area contributed by atoms with Gasteiger partial charge in [-0.15, -0.1) is 0 Å². The van der Waals surface area contributed by atoms with Gasteiger partial charge >= 0.3 is 10.1 Å². The Morgan fingerprint density at radius 3 is 1.11 bits per heavy atom. The summed E-state index contributed by atoms with van der Waals surface area (Å²) in [7, 11) is -6.95. The zero-order valence-corrected chi connectivity index (χ0v) is 66.1. The van der Waals surface area contributed by atoms with Crippen LogP contribution in [0.25, 0.3) is 33.4 Å². The van der Waals surface area contributed by atoms with Gasteiger partial charge in [0.25, 0.3) is 0 Å². The lowest BCUT2D eigenvalue weighted by molar-refractivity contribution is 0.203. The predicted molar refractivity (Wildman–Crippen MR) is 452 cm³/mol. The monoisotopic (exact) mass is 1520 g/mol. The highest BCUT2D eigenvalue weighted by atomic mass is 32.2. The number of sulfonamides is 1. The second-order valence-electron chi connectivity index (χ2n) is 30.4. The summed E-state index contributed by atoms with van der Waals surface area (Å²) in [5.74, 6) is 1.79. The van der Waals surface area contributed by atoms with E-state index in [1.165, 1.54) is 106 Å². The number of nitrogens with zero attached hydrogens (tertiary/aromatic N) is 4. The van der Waals surface area contributed by atoms with Crippen LogP contribution in [-0.4, -0.2) is 155 Å². The van der Waals surface area contributed by atoms with Crippen molar-refractivity contribution >= 4 is 65.0 Å². The van der Waals surface area contributed by atoms with Crippen molar-refractivity contribution in [3.8, 4) is 11.5 Å². The van der Waals surface area contributed by atoms with Gasteiger partial charge in [-0.3, -0.25) is 9.62 Å². The van der Waals surface area contributed by atoms with E-state index in [2.05, 4.69) is 166 Å². The van der Waals surface area contributed by atoms with Crippen LogP contribution in [0.1, 0.15) is 177 Å². The van der Waals surface area contributed by atoms with Crippen molar-refractivity contribution in [2.75, 3.05) is 94.3 Å². The van der Waals surface area contributed by atoms with Gasteiger partial charge in [0.15, 0.2) is 0 Å². The zero-order chi connectivity index (χ0) is 77.0. The molecule has 5 N–H and O–H groups in total. The number of phenols is 1. The van der Waals surface area contributed by atoms with Crippen molar-refractivity contribution in [2.24, 2.45) is 0 Å². The molecule has 9 aromatic carbocycles. The zero-order valence-electron chi connectivity index (χ0n) is 64.5. The molecule has 2 saturated carbocycles. The van der Waals surface area contributed by atoms with Gasteiger partial charge in [0.1, 0.15) is 11.5 Å². The Labute approximate surface area is 654 Å². The third-order valence-corrected chi connectivity index (χ3v) is 23.2. The van der Waals surface area contributed by atoms with Gasteiger partial charge in [0.05, 0.1) is 12.5 Å². The molecule has 5 aliphatic rings. The minimum atomic E-state index is -3.61. The Morgan fingerprint density at radius 1 is 0.409 bits per heavy atom. The van der Waals surface area contributed by atoms with Crippen molar-refractivity contribution in [1.29, 1.82) is 0 Å². The highest BCUT2D eigenvalue weighted by Crippen LogP contribution is 2.43. The van der Waals surface area contributed by atoms with Gasteiger partial charge in [-0.1, -0.05) is 188 Å². The van der Waals surface area contributed by atoms with E-state index < -0.39 is 20.1 Å². The predicted octanol–water partition coefficient (Wildman–Crippen LogP) is 17.9. The van der Waals surface area contributed by atoms with Gasteiger partial charge in [-0.05, 0) is 285 Å². The van der Waals surface area contributed by atoms with E-state index in [0.717, 1.165) is 136 Å². The molecular formula is C94H111N5O9S2. The maximum absolute atomic E-state index is 11.7. The van der Waals surface area contributed by atoms with Crippen LogP contribution in [0.5, 0.6) is 11.5 Å². The normalized spacial score (nSPS) is 17.0. The molecule has 3 heterocycles. The molecule has 0 bridgehead atoms. The molecule has 14 rings (SSSR count). The van der Waals surface area contributed by atoms with E-state index in [1.54, 1.807) is 18.2 Å². The molecule has 110 heavy (non-hydrogen) atoms. The average molecular weight is 1520 g/mol. The quantitative estimate of drug-likeness (QED) is 0.0231. The topological polar surface area (TPSA) is 183 Å². The molecule has 0 unspecified atom stereocenters. The molecule has 3 aliphatic heterocycles. The number of aliphatic hydroxyl groups excluding tert-OH is 3. The Hall–Kier alpha value is -8.94. The van der Waals surface area contributed by atoms with E-state index in [4.69, 9.17) is 4.18 Å². The van der Waals surface area contributed by atoms with Gasteiger partial charge < -0.3 is 39.3 Å². The first-order valence-electron chi connectivity index (χ1n) is 39.7. The van der Waals surface area contributed by atoms with Crippen LogP contribution in [0, 0.1) is 0 Å². The molecule has 0 aromatic heterocycles. The fourth-order valence-electron chi connectivity index (χ4n) is 16.2. The lowest BCUT2D eigenvalue weighted by atomic mass is 9.85. The van der Waals surface area contributed by atoms with E-state index >= 15 is 0 Å². The summed E-state index contributed by atoms with van der Waals surface area (Å²) in [5, 5.41) is 39.2. The largest absolute Gasteiger partial charge is 0.508 e. The molecule has 0 spiro atoms. The Morgan fingerprint density at radius 2 is 0.764 bits per heavy atom. The first-order chi connectivity index (χ1) is 53.4. The van der Waals surface area contributed by atoms with E-state index in [9.17, 15) is 37.3 Å². The van der Waals surface area contributed by atoms with Crippen molar-refractivity contribution < 1.29 is 41.4 Å². The molecule has 9 aromatic rings. The Kier molecular flexibility index (Phi) is 28.4. The highest BCUT2D eigenvalue weighted by Gasteiger charge is 2.34. The summed E-state index contributed by atoms with van der Waals surface area (Å²) in [6.45, 7) is 13.9. The molecule has 0 atom stereocenters. The fourth-order valence-corrected chi connectivity index (χ4v) is 17.2. The average Bonchev–Trinajstić information content (AvgIpc) is 1.75. The smallest absolute Gasteiger partial charge is 0.306 e. The van der Waals surface area contributed by atoms with Crippen LogP contribution >= 0.6 is 0 Å². The number of piperidine rings is 2. The number of piperazine rings is 1. The van der Waals surface area contributed by atoms with E-state index in [-0.39, 0.29) is 31.3 Å². The number of phenolic OH excluding ortho intramolecular Hbond substituents is 1. The minimum absolute atomic E-state index is 0.103. The molecule has 578 valence electrons. The fraction of sp³-hybridized carbons (Fsp3) is 0.362. The van der Waals surface area contributed by atoms with Crippen LogP contribution in [0.2, 0.25) is 0 Å². The number of likely N-dealkylation sites (tertiary alicyclic amines) is 2. The number of aliphatic hydroxyl groups is 3. The molecule has 16 heteroatoms. The first kappa shape index (κ1) is 80.6. The summed E-state index contributed by atoms with van der Waals surface area (Å²) in [6, 6.07) is 82.5. The number of hydrogen-bond acceptors (Lipinski definition) is 13. The van der Waals surface area contributed by atoms with Gasteiger partial charge in [-0.25, -0.2) is 8.42 Å². The molecular weight excluding hydrogens is 1410 g/mol. The Balaban J connectivity index is 0.000000154. The number of nitrogens with one attached hydrogen (secondary N) is 1. The van der Waals surface area contributed by atoms with Gasteiger partial charge in [0.2, 0.25) is 10.0 Å². The molecule has 2 aliphatic carbocycles. The standard InChI is InChI=1S/C32H38N2O3S.C31H38N2O4S.C31H35NO2/c1-38(36,37)33-29-15-13-28(14-16-29)32(31(8-5-23-35)26-6-3-2-4-7-26)27-11-9-24(10-12-27)25-19-21-34(22-20-25)30-17-18-30;1-24(2)32-19-21-33(22-20-32)28-15-11-26(12-16-28)31(27-13-17-29(18-14-27)37-38(3,35)36)30(10-7-23-34)25-8-5-4-6-9-25;33-21-5-10-30(25-6-2-1-3-7-25)31(27-8-4-9-29(34)22-27)26-13-11-23(12-14-26)24-17-19-32(20-18-24)28-15-16-28/h2-4,6-7,9-16,25,30,33,35H,5,8,17-23H2,1H3;4-6,8-9,11-18,24,34H,7,10,19-23H2,1-3H3;1-4,6-9,11-14,22,24,28,33-34H,5,10,15-21H2/b32-31+;2*31-30+. The van der Waals surface area contributed by atoms with Crippen LogP contribution < -0.4 is 13.8 Å². The molecule has 3 saturated heterocycles. The number of allylic oxidation sites excluding steroid dienone is 3. The van der Waals surface area contributed by atoms with Crippen molar-refractivity contribution in [3.63, 3.8) is 0 Å². The second-order valence-corrected chi connectivity index (χ2v) is 33.8. The number of rotatable bonds is 28. The first-order valence-corrected chi connectivity index (χ1v) is 43.4. The second kappa shape index (κ2) is 38.8. The minimum Gasteiger partial charge on any atom is -0.508 e. The van der Waals surface area contributed by atoms with Gasteiger partial charge in [0, 0.05) is 75.5 Å². The number of hydrogen-bond donors (Lipinski definition) is 5. The van der Waals surface area contributed by atoms with Crippen molar-refractivity contribution in [3.05, 3.63) is 298 Å². The summed E-state index contributed by atoms with van der Waals surface area (Å²) < 4.78 is 54.3. The molecule has 0 radical (unpaired) electrons. The molecule has 5 fully saturated rings. The maximum Gasteiger partial charge on any atom is 0.306 e. The van der Waals surface area contributed by atoms with Crippen LogP contribution in [0.15, 0.2) is 237 Å². The third-order valence-electron chi connectivity index (χ3n) is 22.1. The van der Waals surface area contributed by atoms with Crippen LogP contribution in [0.4, 0.5) is 11.4 Å². The van der Waals surface area contributed by atoms with Crippen molar-refractivity contribution in [2.45, 2.75) is 134 Å². The number of aromatic hydroxyl groups is 1. The number of benzene rings is 9. The summed E-state index contributed by atoms with van der Waals surface area (Å²) in [4.78, 5) is 10.3. The van der Waals surface area contributed by atoms with Gasteiger partial charge in [-0.2, -0.15) is 8.42 Å². The third kappa shape index (κ3) is 22.7. The summed E-state index contributed by atoms with van der Waals surface area (Å²) in [6.07, 6.45) is 16.9. The van der Waals surface area contributed by atoms with Crippen LogP contribution in [-0.2, 0) is 20.1 Å². The lowest BCUT2D eigenvalue weighted by Gasteiger charge is -2.38.